The number of thioether (sulfide) groups is 1. The van der Waals surface area contributed by atoms with E-state index in [1.807, 2.05) is 36.4 Å². The van der Waals surface area contributed by atoms with Gasteiger partial charge in [0.1, 0.15) is 5.78 Å². The first kappa shape index (κ1) is 21.1. The molecule has 0 N–H and O–H groups in total. The molecule has 3 rings (SSSR count). The van der Waals surface area contributed by atoms with E-state index in [2.05, 4.69) is 31.2 Å². The van der Waals surface area contributed by atoms with Crippen LogP contribution in [-0.2, 0) is 9.53 Å². The molecule has 3 nitrogen and oxygen atoms in total. The summed E-state index contributed by atoms with van der Waals surface area (Å²) in [4.78, 5) is 16.0. The Morgan fingerprint density at radius 1 is 1.04 bits per heavy atom. The number of hydrogen-bond donors (Lipinski definition) is 0. The van der Waals surface area contributed by atoms with E-state index >= 15 is 0 Å². The number of allylic oxidation sites excluding steroid dienone is 1. The van der Waals surface area contributed by atoms with Gasteiger partial charge in [0.2, 0.25) is 0 Å². The largest absolute Gasteiger partial charge is 0.385 e. The first-order valence-corrected chi connectivity index (χ1v) is 10.2. The molecule has 1 aliphatic heterocycles. The van der Waals surface area contributed by atoms with Crippen molar-refractivity contribution < 1.29 is 9.53 Å². The van der Waals surface area contributed by atoms with Crippen molar-refractivity contribution in [1.29, 1.82) is 0 Å². The van der Waals surface area contributed by atoms with Crippen molar-refractivity contribution in [3.8, 4) is 0 Å². The van der Waals surface area contributed by atoms with Gasteiger partial charge >= 0.3 is 0 Å². The molecular formula is C23H27NO2S. The van der Waals surface area contributed by atoms with Gasteiger partial charge < -0.3 is 4.74 Å². The van der Waals surface area contributed by atoms with E-state index in [9.17, 15) is 4.79 Å². The van der Waals surface area contributed by atoms with E-state index in [0.29, 0.717) is 5.75 Å². The average molecular weight is 382 g/mol. The Kier molecular flexibility index (Phi) is 9.02. The molecule has 2 aromatic rings. The van der Waals surface area contributed by atoms with Crippen LogP contribution in [0.3, 0.4) is 0 Å². The van der Waals surface area contributed by atoms with Crippen molar-refractivity contribution in [2.24, 2.45) is 4.99 Å². The number of ketones is 1. The molecule has 0 spiro atoms. The first-order valence-electron chi connectivity index (χ1n) is 9.18. The van der Waals surface area contributed by atoms with Gasteiger partial charge in [-0.3, -0.25) is 4.79 Å². The highest BCUT2D eigenvalue weighted by molar-refractivity contribution is 8.14. The van der Waals surface area contributed by atoms with Crippen LogP contribution in [0.15, 0.2) is 65.7 Å². The minimum Gasteiger partial charge on any atom is -0.385 e. The molecular weight excluding hydrogens is 354 g/mol. The number of benzene rings is 2. The highest BCUT2D eigenvalue weighted by Crippen LogP contribution is 2.37. The van der Waals surface area contributed by atoms with E-state index in [-0.39, 0.29) is 5.78 Å². The summed E-state index contributed by atoms with van der Waals surface area (Å²) in [6.45, 7) is 4.59. The lowest BCUT2D eigenvalue weighted by Crippen LogP contribution is -1.98. The monoisotopic (exact) mass is 381 g/mol. The lowest BCUT2D eigenvalue weighted by molar-refractivity contribution is -0.114. The van der Waals surface area contributed by atoms with Crippen molar-refractivity contribution in [3.63, 3.8) is 0 Å². The smallest absolute Gasteiger partial charge is 0.140 e. The van der Waals surface area contributed by atoms with E-state index < -0.39 is 0 Å². The number of nitrogens with zero attached hydrogens (tertiary/aromatic N) is 1. The Labute approximate surface area is 166 Å². The summed E-state index contributed by atoms with van der Waals surface area (Å²) in [5.41, 5.74) is 4.58. The average Bonchev–Trinajstić information content (AvgIpc) is 3.13. The molecule has 2 aromatic carbocycles. The van der Waals surface area contributed by atoms with Crippen LogP contribution in [0, 0.1) is 0 Å². The topological polar surface area (TPSA) is 38.7 Å². The molecule has 0 saturated heterocycles. The number of carbonyl (C=O) groups excluding carboxylic acids is 1. The number of rotatable bonds is 6. The van der Waals surface area contributed by atoms with Gasteiger partial charge in [-0.2, -0.15) is 0 Å². The first-order chi connectivity index (χ1) is 13.2. The van der Waals surface area contributed by atoms with Crippen molar-refractivity contribution >= 4 is 33.9 Å². The molecule has 4 heteroatoms. The summed E-state index contributed by atoms with van der Waals surface area (Å²) in [6.07, 6.45) is 1.92. The Morgan fingerprint density at radius 2 is 1.63 bits per heavy atom. The van der Waals surface area contributed by atoms with Crippen LogP contribution in [0.4, 0.5) is 0 Å². The number of ether oxygens (including phenoxy) is 1. The molecule has 0 bridgehead atoms. The van der Waals surface area contributed by atoms with Crippen LogP contribution in [-0.4, -0.2) is 30.3 Å². The SMILES string of the molecule is CC(=O)CSC1=NC(c2ccccc2)=C(c2ccccc2)C1.CCCOC. The Hall–Kier alpha value is -2.17. The van der Waals surface area contributed by atoms with E-state index in [1.165, 1.54) is 11.1 Å². The lowest BCUT2D eigenvalue weighted by atomic mass is 9.99. The third-order valence-electron chi connectivity index (χ3n) is 3.87. The van der Waals surface area contributed by atoms with Gasteiger partial charge in [0.15, 0.2) is 0 Å². The standard InChI is InChI=1S/C19H17NOS.C4H10O/c1-14(21)13-22-18-12-17(15-8-4-2-5-9-15)19(20-18)16-10-6-3-7-11-16;1-3-4-5-2/h2-11H,12-13H2,1H3;3-4H2,1-2H3. The van der Waals surface area contributed by atoms with Crippen LogP contribution in [0.25, 0.3) is 11.3 Å². The summed E-state index contributed by atoms with van der Waals surface area (Å²) >= 11 is 1.55. The third-order valence-corrected chi connectivity index (χ3v) is 4.99. The van der Waals surface area contributed by atoms with Crippen molar-refractivity contribution in [2.45, 2.75) is 26.7 Å². The van der Waals surface area contributed by atoms with Crippen LogP contribution >= 0.6 is 11.8 Å². The molecule has 27 heavy (non-hydrogen) atoms. The quantitative estimate of drug-likeness (QED) is 0.642. The zero-order valence-electron chi connectivity index (χ0n) is 16.3. The maximum Gasteiger partial charge on any atom is 0.140 e. The zero-order valence-corrected chi connectivity index (χ0v) is 17.1. The van der Waals surface area contributed by atoms with Crippen LogP contribution < -0.4 is 0 Å². The van der Waals surface area contributed by atoms with Crippen LogP contribution in [0.2, 0.25) is 0 Å². The summed E-state index contributed by atoms with van der Waals surface area (Å²) < 4.78 is 4.69. The molecule has 0 aromatic heterocycles. The summed E-state index contributed by atoms with van der Waals surface area (Å²) in [6, 6.07) is 20.6. The molecule has 0 saturated carbocycles. The normalized spacial score (nSPS) is 13.1. The predicted octanol–water partition coefficient (Wildman–Crippen LogP) is 5.72. The highest BCUT2D eigenvalue weighted by Gasteiger charge is 2.21. The van der Waals surface area contributed by atoms with Gasteiger partial charge in [-0.05, 0) is 24.5 Å². The summed E-state index contributed by atoms with van der Waals surface area (Å²) in [5, 5.41) is 1.02. The maximum absolute atomic E-state index is 11.2. The Morgan fingerprint density at radius 3 is 2.11 bits per heavy atom. The predicted molar refractivity (Wildman–Crippen MR) is 117 cm³/mol. The van der Waals surface area contributed by atoms with E-state index in [4.69, 9.17) is 9.73 Å². The lowest BCUT2D eigenvalue weighted by Gasteiger charge is -2.06. The molecule has 1 aliphatic rings. The number of aliphatic imine (C=N–C) groups is 1. The Bertz CT molecular complexity index is 781. The second-order valence-corrected chi connectivity index (χ2v) is 7.27. The number of carbonyl (C=O) groups is 1. The second-order valence-electron chi connectivity index (χ2n) is 6.23. The van der Waals surface area contributed by atoms with Gasteiger partial charge in [-0.1, -0.05) is 67.6 Å². The van der Waals surface area contributed by atoms with Crippen molar-refractivity contribution in [2.75, 3.05) is 19.5 Å². The molecule has 0 unspecified atom stereocenters. The Balaban J connectivity index is 0.000000465. The molecule has 0 radical (unpaired) electrons. The van der Waals surface area contributed by atoms with Crippen molar-refractivity contribution in [3.05, 3.63) is 71.8 Å². The maximum atomic E-state index is 11.2. The molecule has 0 amide bonds. The number of Topliss-reactive ketones (excluding diaryl/α,β-unsaturated/α-hetero) is 1. The van der Waals surface area contributed by atoms with Gasteiger partial charge in [0.05, 0.1) is 16.5 Å². The molecule has 142 valence electrons. The molecule has 0 aliphatic carbocycles. The van der Waals surface area contributed by atoms with Gasteiger partial charge in [-0.25, -0.2) is 4.99 Å². The van der Waals surface area contributed by atoms with Crippen LogP contribution in [0.1, 0.15) is 37.8 Å². The minimum absolute atomic E-state index is 0.183. The fraction of sp³-hybridized carbons (Fsp3) is 0.304. The zero-order chi connectivity index (χ0) is 19.5. The molecule has 0 fully saturated rings. The summed E-state index contributed by atoms with van der Waals surface area (Å²) in [5.74, 6) is 0.672. The van der Waals surface area contributed by atoms with Gasteiger partial charge in [-0.15, -0.1) is 11.8 Å². The molecule has 0 atom stereocenters. The minimum atomic E-state index is 0.183. The van der Waals surface area contributed by atoms with E-state index in [1.54, 1.807) is 25.8 Å². The van der Waals surface area contributed by atoms with E-state index in [0.717, 1.165) is 35.8 Å². The summed E-state index contributed by atoms with van der Waals surface area (Å²) in [7, 11) is 1.71. The van der Waals surface area contributed by atoms with Crippen molar-refractivity contribution in [1.82, 2.24) is 0 Å². The second kappa shape index (κ2) is 11.5. The fourth-order valence-electron chi connectivity index (χ4n) is 2.65. The van der Waals surface area contributed by atoms with Crippen LogP contribution in [0.5, 0.6) is 0 Å². The number of hydrogen-bond acceptors (Lipinski definition) is 4. The highest BCUT2D eigenvalue weighted by atomic mass is 32.2. The fourth-order valence-corrected chi connectivity index (χ4v) is 3.42. The number of methoxy groups -OCH3 is 1. The molecule has 1 heterocycles. The van der Waals surface area contributed by atoms with Gasteiger partial charge in [0.25, 0.3) is 0 Å². The van der Waals surface area contributed by atoms with Gasteiger partial charge in [0, 0.05) is 25.7 Å². The third kappa shape index (κ3) is 6.81.